The number of hydrogen-bond donors (Lipinski definition) is 1. The van der Waals surface area contributed by atoms with E-state index in [1.54, 1.807) is 48.5 Å². The highest BCUT2D eigenvalue weighted by atomic mass is 31.2. The van der Waals surface area contributed by atoms with Gasteiger partial charge in [-0.1, -0.05) is 48.2 Å². The van der Waals surface area contributed by atoms with E-state index in [9.17, 15) is 14.3 Å². The maximum atomic E-state index is 11.7. The minimum Gasteiger partial charge on any atom is -0.449 e. The van der Waals surface area contributed by atoms with Crippen molar-refractivity contribution in [1.29, 1.82) is 0 Å². The molecule has 6 nitrogen and oxygen atoms in total. The number of phosphoric ester groups is 1. The predicted molar refractivity (Wildman–Crippen MR) is 87.3 cm³/mol. The van der Waals surface area contributed by atoms with Crippen LogP contribution in [0.1, 0.15) is 10.4 Å². The van der Waals surface area contributed by atoms with Crippen LogP contribution < -0.4 is 4.52 Å². The second-order valence-corrected chi connectivity index (χ2v) is 5.82. The molecule has 0 aromatic heterocycles. The van der Waals surface area contributed by atoms with Gasteiger partial charge in [0, 0.05) is 0 Å². The number of ether oxygens (including phenoxy) is 1. The number of benzene rings is 2. The van der Waals surface area contributed by atoms with Crippen molar-refractivity contribution in [3.63, 3.8) is 0 Å². The van der Waals surface area contributed by atoms with Crippen LogP contribution in [0, 0.1) is 11.8 Å². The van der Waals surface area contributed by atoms with Gasteiger partial charge >= 0.3 is 13.8 Å². The largest absolute Gasteiger partial charge is 0.528 e. The van der Waals surface area contributed by atoms with E-state index in [1.807, 2.05) is 0 Å². The highest BCUT2D eigenvalue weighted by Crippen LogP contribution is 2.43. The summed E-state index contributed by atoms with van der Waals surface area (Å²) in [5.74, 6) is 4.71. The lowest BCUT2D eigenvalue weighted by molar-refractivity contribution is 0.0556. The zero-order valence-corrected chi connectivity index (χ0v) is 13.5. The van der Waals surface area contributed by atoms with Gasteiger partial charge in [0.1, 0.15) is 12.4 Å². The van der Waals surface area contributed by atoms with Crippen molar-refractivity contribution >= 4 is 13.8 Å². The highest BCUT2D eigenvalue weighted by molar-refractivity contribution is 7.47. The molecular weight excluding hydrogens is 331 g/mol. The number of hydrogen-bond acceptors (Lipinski definition) is 5. The van der Waals surface area contributed by atoms with Crippen LogP contribution in [0.4, 0.5) is 0 Å². The summed E-state index contributed by atoms with van der Waals surface area (Å²) in [7, 11) is -4.24. The third-order valence-electron chi connectivity index (χ3n) is 2.67. The van der Waals surface area contributed by atoms with Crippen molar-refractivity contribution in [2.75, 3.05) is 13.2 Å². The molecule has 0 saturated carbocycles. The Morgan fingerprint density at radius 1 is 0.958 bits per heavy atom. The molecule has 0 saturated heterocycles. The normalized spacial score (nSPS) is 12.4. The Bertz CT molecular complexity index is 764. The average molecular weight is 346 g/mol. The maximum absolute atomic E-state index is 11.7. The van der Waals surface area contributed by atoms with E-state index in [2.05, 4.69) is 11.8 Å². The average Bonchev–Trinajstić information content (AvgIpc) is 2.59. The fraction of sp³-hybridized carbons (Fsp3) is 0.118. The molecule has 2 rings (SSSR count). The molecule has 0 radical (unpaired) electrons. The lowest BCUT2D eigenvalue weighted by Crippen LogP contribution is -2.05. The summed E-state index contributed by atoms with van der Waals surface area (Å²) in [6.07, 6.45) is 0. The van der Waals surface area contributed by atoms with Crippen molar-refractivity contribution < 1.29 is 28.0 Å². The van der Waals surface area contributed by atoms with Crippen molar-refractivity contribution in [2.24, 2.45) is 0 Å². The first-order valence-corrected chi connectivity index (χ1v) is 8.46. The number of carbonyl (C=O) groups is 1. The van der Waals surface area contributed by atoms with Gasteiger partial charge in [-0.3, -0.25) is 9.42 Å². The van der Waals surface area contributed by atoms with E-state index >= 15 is 0 Å². The second kappa shape index (κ2) is 8.90. The van der Waals surface area contributed by atoms with Gasteiger partial charge in [0.2, 0.25) is 0 Å². The van der Waals surface area contributed by atoms with Gasteiger partial charge < -0.3 is 9.26 Å². The molecule has 0 spiro atoms. The summed E-state index contributed by atoms with van der Waals surface area (Å²) in [6, 6.07) is 16.6. The predicted octanol–water partition coefficient (Wildman–Crippen LogP) is 3.04. The molecule has 1 unspecified atom stereocenters. The molecule has 124 valence electrons. The summed E-state index contributed by atoms with van der Waals surface area (Å²) >= 11 is 0. The van der Waals surface area contributed by atoms with Gasteiger partial charge in [0.15, 0.2) is 6.61 Å². The van der Waals surface area contributed by atoms with Gasteiger partial charge in [0.25, 0.3) is 0 Å². The van der Waals surface area contributed by atoms with Crippen LogP contribution in [0.25, 0.3) is 0 Å². The summed E-state index contributed by atoms with van der Waals surface area (Å²) < 4.78 is 26.1. The molecule has 1 N–H and O–H groups in total. The minimum absolute atomic E-state index is 0.146. The molecule has 24 heavy (non-hydrogen) atoms. The van der Waals surface area contributed by atoms with Crippen LogP contribution in [0.15, 0.2) is 60.7 Å². The molecule has 1 atom stereocenters. The Balaban J connectivity index is 1.71. The van der Waals surface area contributed by atoms with Crippen LogP contribution in [0.3, 0.4) is 0 Å². The van der Waals surface area contributed by atoms with E-state index in [0.717, 1.165) is 0 Å². The molecule has 0 amide bonds. The molecular formula is C17H15O6P. The second-order valence-electron chi connectivity index (χ2n) is 4.44. The van der Waals surface area contributed by atoms with E-state index in [1.165, 1.54) is 12.1 Å². The fourth-order valence-corrected chi connectivity index (χ4v) is 2.28. The first-order chi connectivity index (χ1) is 11.6. The van der Waals surface area contributed by atoms with Crippen molar-refractivity contribution in [3.05, 3.63) is 66.2 Å². The zero-order chi connectivity index (χ0) is 17.3. The molecule has 7 heteroatoms. The van der Waals surface area contributed by atoms with Gasteiger partial charge in [-0.15, -0.1) is 0 Å². The molecule has 0 aliphatic heterocycles. The Morgan fingerprint density at radius 3 is 2.21 bits per heavy atom. The molecule has 0 heterocycles. The number of para-hydroxylation sites is 1. The number of esters is 1. The first-order valence-electron chi connectivity index (χ1n) is 6.97. The Kier molecular flexibility index (Phi) is 6.59. The summed E-state index contributed by atoms with van der Waals surface area (Å²) in [5, 5.41) is 0. The van der Waals surface area contributed by atoms with E-state index in [4.69, 9.17) is 13.8 Å². The minimum atomic E-state index is -4.24. The Hall–Kier alpha value is -2.58. The topological polar surface area (TPSA) is 82.1 Å². The molecule has 2 aromatic rings. The van der Waals surface area contributed by atoms with E-state index in [0.29, 0.717) is 5.56 Å². The monoisotopic (exact) mass is 346 g/mol. The van der Waals surface area contributed by atoms with Crippen molar-refractivity contribution in [3.8, 4) is 17.6 Å². The third-order valence-corrected chi connectivity index (χ3v) is 3.57. The quantitative estimate of drug-likeness (QED) is 0.492. The van der Waals surface area contributed by atoms with Crippen LogP contribution in [-0.4, -0.2) is 24.1 Å². The molecule has 0 aliphatic carbocycles. The third kappa shape index (κ3) is 6.27. The summed E-state index contributed by atoms with van der Waals surface area (Å²) in [4.78, 5) is 21.1. The number of rotatable bonds is 6. The summed E-state index contributed by atoms with van der Waals surface area (Å²) in [6.45, 7) is -0.476. The van der Waals surface area contributed by atoms with Crippen LogP contribution >= 0.6 is 7.82 Å². The van der Waals surface area contributed by atoms with Crippen LogP contribution in [-0.2, 0) is 13.8 Å². The first kappa shape index (κ1) is 17.8. The van der Waals surface area contributed by atoms with Crippen molar-refractivity contribution in [2.45, 2.75) is 0 Å². The Labute approximate surface area is 139 Å². The smallest absolute Gasteiger partial charge is 0.449 e. The molecule has 0 bridgehead atoms. The van der Waals surface area contributed by atoms with Gasteiger partial charge in [-0.05, 0) is 24.3 Å². The summed E-state index contributed by atoms with van der Waals surface area (Å²) in [5.41, 5.74) is 0.423. The lowest BCUT2D eigenvalue weighted by atomic mass is 10.2. The van der Waals surface area contributed by atoms with E-state index < -0.39 is 13.8 Å². The molecule has 0 aliphatic rings. The number of carbonyl (C=O) groups excluding carboxylic acids is 1. The van der Waals surface area contributed by atoms with Crippen LogP contribution in [0.2, 0.25) is 0 Å². The Morgan fingerprint density at radius 2 is 1.54 bits per heavy atom. The maximum Gasteiger partial charge on any atom is 0.528 e. The zero-order valence-electron chi connectivity index (χ0n) is 12.6. The van der Waals surface area contributed by atoms with Gasteiger partial charge in [0.05, 0.1) is 5.56 Å². The number of phosphoric acid groups is 1. The molecule has 0 fully saturated rings. The lowest BCUT2D eigenvalue weighted by Gasteiger charge is -2.10. The van der Waals surface area contributed by atoms with E-state index in [-0.39, 0.29) is 19.0 Å². The standard InChI is InChI=1S/C17H15O6P/c18-17(15-9-3-1-4-10-15)21-13-7-8-14-22-24(19,20)23-16-11-5-2-6-12-16/h1-6,9-12H,13-14H2,(H,19,20). The molecule has 2 aromatic carbocycles. The van der Waals surface area contributed by atoms with Crippen molar-refractivity contribution in [1.82, 2.24) is 0 Å². The van der Waals surface area contributed by atoms with Crippen LogP contribution in [0.5, 0.6) is 5.75 Å². The fourth-order valence-electron chi connectivity index (χ4n) is 1.62. The van der Waals surface area contributed by atoms with Gasteiger partial charge in [-0.2, -0.15) is 0 Å². The SMILES string of the molecule is O=C(OCC#CCOP(=O)(O)Oc1ccccc1)c1ccccc1. The highest BCUT2D eigenvalue weighted by Gasteiger charge is 2.21. The van der Waals surface area contributed by atoms with Gasteiger partial charge in [-0.25, -0.2) is 9.36 Å².